The second-order valence-corrected chi connectivity index (χ2v) is 5.97. The molecule has 0 bridgehead atoms. The third-order valence-corrected chi connectivity index (χ3v) is 3.51. The summed E-state index contributed by atoms with van der Waals surface area (Å²) in [5.74, 6) is -2.04. The monoisotopic (exact) mass is 355 g/mol. The Morgan fingerprint density at radius 3 is 2.44 bits per heavy atom. The lowest BCUT2D eigenvalue weighted by atomic mass is 10.0. The van der Waals surface area contributed by atoms with Crippen molar-refractivity contribution in [1.82, 2.24) is 10.6 Å². The average Bonchev–Trinajstić information content (AvgIpc) is 3.05. The number of hydrogen-bond acceptors (Lipinski definition) is 6. The van der Waals surface area contributed by atoms with Crippen LogP contribution >= 0.6 is 0 Å². The highest BCUT2D eigenvalue weighted by Crippen LogP contribution is 2.15. The summed E-state index contributed by atoms with van der Waals surface area (Å²) in [5, 5.41) is 14.0. The van der Waals surface area contributed by atoms with Gasteiger partial charge in [-0.25, -0.2) is 0 Å². The maximum Gasteiger partial charge on any atom is 0.305 e. The molecule has 0 saturated heterocycles. The SMILES string of the molecule is COCC(NC(=O)[C@H](NC(=O)[C@@H](N)CC(=O)O)C(C)C)c1ccco1. The Morgan fingerprint density at radius 2 is 1.96 bits per heavy atom. The number of carbonyl (C=O) groups is 3. The fourth-order valence-corrected chi connectivity index (χ4v) is 2.19. The molecule has 0 aliphatic carbocycles. The van der Waals surface area contributed by atoms with Gasteiger partial charge in [-0.1, -0.05) is 13.8 Å². The van der Waals surface area contributed by atoms with Crippen LogP contribution < -0.4 is 16.4 Å². The van der Waals surface area contributed by atoms with Crippen molar-refractivity contribution < 1.29 is 28.6 Å². The molecule has 9 heteroatoms. The van der Waals surface area contributed by atoms with Crippen molar-refractivity contribution in [2.24, 2.45) is 11.7 Å². The van der Waals surface area contributed by atoms with E-state index >= 15 is 0 Å². The Hall–Kier alpha value is -2.39. The Balaban J connectivity index is 2.78. The van der Waals surface area contributed by atoms with Gasteiger partial charge in [0.2, 0.25) is 11.8 Å². The van der Waals surface area contributed by atoms with Crippen LogP contribution in [0.15, 0.2) is 22.8 Å². The first-order chi connectivity index (χ1) is 11.8. The van der Waals surface area contributed by atoms with Gasteiger partial charge in [-0.2, -0.15) is 0 Å². The molecular weight excluding hydrogens is 330 g/mol. The molecule has 1 heterocycles. The minimum Gasteiger partial charge on any atom is -0.481 e. The average molecular weight is 355 g/mol. The van der Waals surface area contributed by atoms with Crippen LogP contribution in [0.4, 0.5) is 0 Å². The summed E-state index contributed by atoms with van der Waals surface area (Å²) in [4.78, 5) is 35.2. The van der Waals surface area contributed by atoms with Crippen LogP contribution in [-0.4, -0.2) is 48.7 Å². The van der Waals surface area contributed by atoms with Crippen LogP contribution in [0, 0.1) is 5.92 Å². The first kappa shape index (κ1) is 20.7. The van der Waals surface area contributed by atoms with Crippen molar-refractivity contribution >= 4 is 17.8 Å². The maximum absolute atomic E-state index is 12.6. The molecule has 0 spiro atoms. The highest BCUT2D eigenvalue weighted by atomic mass is 16.5. The molecule has 2 amide bonds. The number of nitrogens with two attached hydrogens (primary N) is 1. The summed E-state index contributed by atoms with van der Waals surface area (Å²) in [7, 11) is 1.49. The van der Waals surface area contributed by atoms with Crippen LogP contribution in [0.3, 0.4) is 0 Å². The number of aliphatic carboxylic acids is 1. The van der Waals surface area contributed by atoms with Gasteiger partial charge in [0, 0.05) is 7.11 Å². The van der Waals surface area contributed by atoms with Crippen molar-refractivity contribution in [1.29, 1.82) is 0 Å². The van der Waals surface area contributed by atoms with Gasteiger partial charge in [-0.15, -0.1) is 0 Å². The van der Waals surface area contributed by atoms with Crippen molar-refractivity contribution in [3.05, 3.63) is 24.2 Å². The van der Waals surface area contributed by atoms with Crippen molar-refractivity contribution in [3.63, 3.8) is 0 Å². The number of amides is 2. The Morgan fingerprint density at radius 1 is 1.28 bits per heavy atom. The van der Waals surface area contributed by atoms with Gasteiger partial charge >= 0.3 is 5.97 Å². The van der Waals surface area contributed by atoms with Crippen LogP contribution in [0.25, 0.3) is 0 Å². The maximum atomic E-state index is 12.6. The Bertz CT molecular complexity index is 572. The molecule has 1 unspecified atom stereocenters. The quantitative estimate of drug-likeness (QED) is 0.463. The molecule has 5 N–H and O–H groups in total. The van der Waals surface area contributed by atoms with Crippen molar-refractivity contribution in [2.75, 3.05) is 13.7 Å². The molecule has 0 saturated carbocycles. The predicted octanol–water partition coefficient (Wildman–Crippen LogP) is 0.0261. The van der Waals surface area contributed by atoms with Crippen molar-refractivity contribution in [2.45, 2.75) is 38.4 Å². The molecule has 3 atom stereocenters. The highest BCUT2D eigenvalue weighted by molar-refractivity contribution is 5.91. The Labute approximate surface area is 145 Å². The van der Waals surface area contributed by atoms with Gasteiger partial charge in [0.25, 0.3) is 0 Å². The number of carboxylic acid groups (broad SMARTS) is 1. The molecule has 25 heavy (non-hydrogen) atoms. The van der Waals surface area contributed by atoms with Gasteiger partial charge in [0.1, 0.15) is 17.8 Å². The number of methoxy groups -OCH3 is 1. The third kappa shape index (κ3) is 6.55. The van der Waals surface area contributed by atoms with Crippen LogP contribution in [0.5, 0.6) is 0 Å². The lowest BCUT2D eigenvalue weighted by Crippen LogP contribution is -2.54. The molecule has 0 aliphatic heterocycles. The van der Waals surface area contributed by atoms with Gasteiger partial charge in [0.05, 0.1) is 25.3 Å². The van der Waals surface area contributed by atoms with Crippen molar-refractivity contribution in [3.8, 4) is 0 Å². The van der Waals surface area contributed by atoms with E-state index in [4.69, 9.17) is 20.0 Å². The molecule has 1 aromatic rings. The molecule has 1 aromatic heterocycles. The lowest BCUT2D eigenvalue weighted by molar-refractivity contribution is -0.139. The third-order valence-electron chi connectivity index (χ3n) is 3.51. The Kier molecular flexibility index (Phi) is 8.09. The fourth-order valence-electron chi connectivity index (χ4n) is 2.19. The topological polar surface area (TPSA) is 144 Å². The van der Waals surface area contributed by atoms with E-state index < -0.39 is 42.3 Å². The second kappa shape index (κ2) is 9.80. The zero-order valence-corrected chi connectivity index (χ0v) is 14.5. The summed E-state index contributed by atoms with van der Waals surface area (Å²) in [6.45, 7) is 3.70. The number of ether oxygens (including phenoxy) is 1. The minimum absolute atomic E-state index is 0.191. The molecule has 0 aromatic carbocycles. The molecule has 0 aliphatic rings. The predicted molar refractivity (Wildman–Crippen MR) is 88.5 cm³/mol. The smallest absolute Gasteiger partial charge is 0.305 e. The minimum atomic E-state index is -1.23. The van der Waals surface area contributed by atoms with Crippen LogP contribution in [-0.2, 0) is 19.1 Å². The van der Waals surface area contributed by atoms with E-state index in [1.807, 2.05) is 0 Å². The zero-order valence-electron chi connectivity index (χ0n) is 14.5. The number of carboxylic acids is 1. The lowest BCUT2D eigenvalue weighted by Gasteiger charge is -2.25. The standard InChI is InChI=1S/C16H25N3O6/c1-9(2)14(19-15(22)10(17)7-13(20)21)16(23)18-11(8-24-3)12-5-4-6-25-12/h4-6,9-11,14H,7-8,17H2,1-3H3,(H,18,23)(H,19,22)(H,20,21)/t10-,11?,14+/m0/s1. The van der Waals surface area contributed by atoms with E-state index in [9.17, 15) is 14.4 Å². The summed E-state index contributed by atoms with van der Waals surface area (Å²) in [5.41, 5.74) is 5.53. The summed E-state index contributed by atoms with van der Waals surface area (Å²) < 4.78 is 10.4. The van der Waals surface area contributed by atoms with E-state index in [1.165, 1.54) is 13.4 Å². The van der Waals surface area contributed by atoms with E-state index in [0.717, 1.165) is 0 Å². The van der Waals surface area contributed by atoms with E-state index in [2.05, 4.69) is 10.6 Å². The van der Waals surface area contributed by atoms with E-state index in [-0.39, 0.29) is 12.5 Å². The first-order valence-electron chi connectivity index (χ1n) is 7.86. The van der Waals surface area contributed by atoms with Gasteiger partial charge in [0.15, 0.2) is 0 Å². The van der Waals surface area contributed by atoms with E-state index in [0.29, 0.717) is 5.76 Å². The zero-order chi connectivity index (χ0) is 19.0. The molecule has 140 valence electrons. The molecular formula is C16H25N3O6. The molecule has 0 fully saturated rings. The molecule has 1 rings (SSSR count). The summed E-state index contributed by atoms with van der Waals surface area (Å²) in [6, 6.07) is 0.776. The van der Waals surface area contributed by atoms with Gasteiger partial charge in [-0.3, -0.25) is 14.4 Å². The van der Waals surface area contributed by atoms with Gasteiger partial charge in [-0.05, 0) is 18.1 Å². The number of furan rings is 1. The van der Waals surface area contributed by atoms with E-state index in [1.54, 1.807) is 26.0 Å². The highest BCUT2D eigenvalue weighted by Gasteiger charge is 2.29. The van der Waals surface area contributed by atoms with Gasteiger partial charge < -0.3 is 30.6 Å². The summed E-state index contributed by atoms with van der Waals surface area (Å²) >= 11 is 0. The molecule has 9 nitrogen and oxygen atoms in total. The van der Waals surface area contributed by atoms with Crippen LogP contribution in [0.2, 0.25) is 0 Å². The number of rotatable bonds is 10. The number of hydrogen-bond donors (Lipinski definition) is 4. The fraction of sp³-hybridized carbons (Fsp3) is 0.562. The number of carbonyl (C=O) groups excluding carboxylic acids is 2. The van der Waals surface area contributed by atoms with Crippen LogP contribution in [0.1, 0.15) is 32.1 Å². The molecule has 0 radical (unpaired) electrons. The first-order valence-corrected chi connectivity index (χ1v) is 7.86. The second-order valence-electron chi connectivity index (χ2n) is 5.97. The largest absolute Gasteiger partial charge is 0.481 e. The normalized spacial score (nSPS) is 14.6. The summed E-state index contributed by atoms with van der Waals surface area (Å²) in [6.07, 6.45) is 0.966. The number of nitrogens with one attached hydrogen (secondary N) is 2.